The first-order valence-electron chi connectivity index (χ1n) is 7.67. The van der Waals surface area contributed by atoms with Crippen LogP contribution in [0.25, 0.3) is 0 Å². The summed E-state index contributed by atoms with van der Waals surface area (Å²) in [6.07, 6.45) is 1.91. The molecule has 1 atom stereocenters. The van der Waals surface area contributed by atoms with Crippen LogP contribution >= 0.6 is 0 Å². The van der Waals surface area contributed by atoms with Crippen LogP contribution in [-0.4, -0.2) is 29.3 Å². The Morgan fingerprint density at radius 2 is 2.09 bits per heavy atom. The molecule has 1 heterocycles. The molecule has 6 nitrogen and oxygen atoms in total. The van der Waals surface area contributed by atoms with Gasteiger partial charge < -0.3 is 19.7 Å². The molecule has 1 unspecified atom stereocenters. The van der Waals surface area contributed by atoms with E-state index in [4.69, 9.17) is 14.6 Å². The molecule has 6 heteroatoms. The van der Waals surface area contributed by atoms with E-state index in [9.17, 15) is 14.7 Å². The number of carbonyl (C=O) groups excluding carboxylic acids is 1. The van der Waals surface area contributed by atoms with Crippen LogP contribution in [0, 0.1) is 12.8 Å². The second-order valence-corrected chi connectivity index (χ2v) is 5.99. The second-order valence-electron chi connectivity index (χ2n) is 5.99. The molecule has 0 bridgehead atoms. The first-order chi connectivity index (χ1) is 10.9. The monoisotopic (exact) mass is 322 g/mol. The van der Waals surface area contributed by atoms with Gasteiger partial charge in [-0.15, -0.1) is 0 Å². The van der Waals surface area contributed by atoms with Crippen molar-refractivity contribution in [1.82, 2.24) is 0 Å². The summed E-state index contributed by atoms with van der Waals surface area (Å²) in [4.78, 5) is 22.4. The standard InChI is InChI=1S/C17H22O6/c1-9(5-7-13(18)19)4-6-11-15(20)14-12(8-23-17(14)21)10(2)16(11)22-3/h9,20H,4-8H2,1-3H3,(H,18,19). The normalized spacial score (nSPS) is 14.3. The number of ether oxygens (including phenoxy) is 2. The van der Waals surface area contributed by atoms with E-state index in [2.05, 4.69) is 0 Å². The van der Waals surface area contributed by atoms with Crippen molar-refractivity contribution < 1.29 is 29.3 Å². The summed E-state index contributed by atoms with van der Waals surface area (Å²) in [5, 5.41) is 19.2. The smallest absolute Gasteiger partial charge is 0.342 e. The second kappa shape index (κ2) is 6.89. The summed E-state index contributed by atoms with van der Waals surface area (Å²) < 4.78 is 10.4. The number of aromatic hydroxyl groups is 1. The lowest BCUT2D eigenvalue weighted by molar-refractivity contribution is -0.137. The van der Waals surface area contributed by atoms with Crippen LogP contribution in [0.5, 0.6) is 11.5 Å². The highest BCUT2D eigenvalue weighted by molar-refractivity contribution is 5.98. The van der Waals surface area contributed by atoms with Crippen molar-refractivity contribution in [3.8, 4) is 11.5 Å². The quantitative estimate of drug-likeness (QED) is 0.750. The van der Waals surface area contributed by atoms with Gasteiger partial charge in [0, 0.05) is 17.5 Å². The molecule has 0 fully saturated rings. The van der Waals surface area contributed by atoms with E-state index in [1.807, 2.05) is 13.8 Å². The number of fused-ring (bicyclic) bond motifs is 1. The van der Waals surface area contributed by atoms with Gasteiger partial charge >= 0.3 is 11.9 Å². The van der Waals surface area contributed by atoms with Gasteiger partial charge in [0.15, 0.2) is 0 Å². The number of rotatable bonds is 7. The van der Waals surface area contributed by atoms with Gasteiger partial charge in [0.1, 0.15) is 23.7 Å². The highest BCUT2D eigenvalue weighted by Gasteiger charge is 2.32. The number of methoxy groups -OCH3 is 1. The predicted octanol–water partition coefficient (Wildman–Crippen LogP) is 2.81. The number of esters is 1. The number of hydrogen-bond acceptors (Lipinski definition) is 5. The Bertz CT molecular complexity index is 635. The zero-order valence-electron chi connectivity index (χ0n) is 13.6. The van der Waals surface area contributed by atoms with Crippen LogP contribution < -0.4 is 4.74 Å². The fourth-order valence-electron chi connectivity index (χ4n) is 2.98. The highest BCUT2D eigenvalue weighted by atomic mass is 16.5. The van der Waals surface area contributed by atoms with Gasteiger partial charge in [-0.25, -0.2) is 4.79 Å². The summed E-state index contributed by atoms with van der Waals surface area (Å²) in [5.74, 6) is -0.632. The van der Waals surface area contributed by atoms with Crippen LogP contribution in [-0.2, 0) is 22.6 Å². The maximum absolute atomic E-state index is 11.8. The van der Waals surface area contributed by atoms with Gasteiger partial charge in [0.2, 0.25) is 0 Å². The van der Waals surface area contributed by atoms with Crippen LogP contribution in [0.3, 0.4) is 0 Å². The molecule has 0 aromatic heterocycles. The maximum atomic E-state index is 11.8. The molecule has 23 heavy (non-hydrogen) atoms. The van der Waals surface area contributed by atoms with Gasteiger partial charge in [-0.05, 0) is 37.7 Å². The third-order valence-corrected chi connectivity index (χ3v) is 4.39. The van der Waals surface area contributed by atoms with Gasteiger partial charge in [-0.2, -0.15) is 0 Å². The molecule has 0 amide bonds. The molecule has 0 saturated heterocycles. The van der Waals surface area contributed by atoms with E-state index in [0.29, 0.717) is 36.1 Å². The summed E-state index contributed by atoms with van der Waals surface area (Å²) in [6.45, 7) is 3.97. The lowest BCUT2D eigenvalue weighted by Crippen LogP contribution is -2.06. The van der Waals surface area contributed by atoms with Gasteiger partial charge in [0.25, 0.3) is 0 Å². The lowest BCUT2D eigenvalue weighted by atomic mass is 9.91. The first kappa shape index (κ1) is 17.1. The average Bonchev–Trinajstić information content (AvgIpc) is 2.89. The molecule has 2 N–H and O–H groups in total. The molecular weight excluding hydrogens is 300 g/mol. The number of phenolic OH excluding ortho intramolecular Hbond substituents is 1. The minimum atomic E-state index is -0.812. The Hall–Kier alpha value is -2.24. The maximum Gasteiger partial charge on any atom is 0.342 e. The number of carboxylic acids is 1. The summed E-state index contributed by atoms with van der Waals surface area (Å²) in [6, 6.07) is 0. The van der Waals surface area contributed by atoms with Crippen molar-refractivity contribution in [1.29, 1.82) is 0 Å². The van der Waals surface area contributed by atoms with Crippen LogP contribution in [0.4, 0.5) is 0 Å². The molecule has 0 spiro atoms. The van der Waals surface area contributed by atoms with Crippen LogP contribution in [0.2, 0.25) is 0 Å². The van der Waals surface area contributed by atoms with E-state index >= 15 is 0 Å². The predicted molar refractivity (Wildman–Crippen MR) is 82.9 cm³/mol. The number of carboxylic acid groups (broad SMARTS) is 1. The SMILES string of the molecule is COc1c(C)c2c(c(O)c1CCC(C)CCC(=O)O)C(=O)OC2. The van der Waals surface area contributed by atoms with E-state index in [1.165, 1.54) is 7.11 Å². The first-order valence-corrected chi connectivity index (χ1v) is 7.67. The fraction of sp³-hybridized carbons (Fsp3) is 0.529. The van der Waals surface area contributed by atoms with Crippen LogP contribution in [0.15, 0.2) is 0 Å². The number of carbonyl (C=O) groups is 2. The van der Waals surface area contributed by atoms with Gasteiger partial charge in [-0.1, -0.05) is 6.92 Å². The highest BCUT2D eigenvalue weighted by Crippen LogP contribution is 2.42. The van der Waals surface area contributed by atoms with Crippen molar-refractivity contribution in [2.24, 2.45) is 5.92 Å². The number of cyclic esters (lactones) is 1. The number of aliphatic carboxylic acids is 1. The molecular formula is C17H22O6. The van der Waals surface area contributed by atoms with E-state index in [-0.39, 0.29) is 30.3 Å². The molecule has 0 radical (unpaired) electrons. The van der Waals surface area contributed by atoms with Crippen molar-refractivity contribution in [2.75, 3.05) is 7.11 Å². The Labute approximate surface area is 135 Å². The Balaban J connectivity index is 2.25. The average molecular weight is 322 g/mol. The topological polar surface area (TPSA) is 93.1 Å². The van der Waals surface area contributed by atoms with Crippen molar-refractivity contribution in [3.05, 3.63) is 22.3 Å². The third-order valence-electron chi connectivity index (χ3n) is 4.39. The molecule has 0 aliphatic carbocycles. The molecule has 1 aromatic rings. The Morgan fingerprint density at radius 3 is 2.70 bits per heavy atom. The number of phenols is 1. The van der Waals surface area contributed by atoms with E-state index < -0.39 is 11.9 Å². The summed E-state index contributed by atoms with van der Waals surface area (Å²) in [5.41, 5.74) is 2.30. The minimum absolute atomic E-state index is 0.0737. The van der Waals surface area contributed by atoms with E-state index in [1.54, 1.807) is 0 Å². The molecule has 126 valence electrons. The lowest BCUT2D eigenvalue weighted by Gasteiger charge is -2.18. The van der Waals surface area contributed by atoms with Crippen molar-refractivity contribution in [2.45, 2.75) is 46.1 Å². The third kappa shape index (κ3) is 3.41. The largest absolute Gasteiger partial charge is 0.507 e. The van der Waals surface area contributed by atoms with Crippen molar-refractivity contribution >= 4 is 11.9 Å². The summed E-state index contributed by atoms with van der Waals surface area (Å²) in [7, 11) is 1.53. The molecule has 1 aliphatic heterocycles. The number of hydrogen-bond donors (Lipinski definition) is 2. The zero-order chi connectivity index (χ0) is 17.1. The van der Waals surface area contributed by atoms with E-state index in [0.717, 1.165) is 5.56 Å². The Kier molecular flexibility index (Phi) is 5.13. The van der Waals surface area contributed by atoms with Crippen LogP contribution in [0.1, 0.15) is 53.2 Å². The molecule has 2 rings (SSSR count). The Morgan fingerprint density at radius 1 is 1.39 bits per heavy atom. The van der Waals surface area contributed by atoms with Gasteiger partial charge in [-0.3, -0.25) is 4.79 Å². The summed E-state index contributed by atoms with van der Waals surface area (Å²) >= 11 is 0. The minimum Gasteiger partial charge on any atom is -0.507 e. The molecule has 0 saturated carbocycles. The zero-order valence-corrected chi connectivity index (χ0v) is 13.6. The van der Waals surface area contributed by atoms with Gasteiger partial charge in [0.05, 0.1) is 7.11 Å². The molecule has 1 aromatic carbocycles. The van der Waals surface area contributed by atoms with Crippen molar-refractivity contribution in [3.63, 3.8) is 0 Å². The molecule has 1 aliphatic rings. The fourth-order valence-corrected chi connectivity index (χ4v) is 2.98. The number of benzene rings is 1.